The molecule has 0 saturated heterocycles. The lowest BCUT2D eigenvalue weighted by Gasteiger charge is -2.21. The molecule has 0 fully saturated rings. The van der Waals surface area contributed by atoms with Crippen LogP contribution in [0.3, 0.4) is 0 Å². The molecule has 0 saturated carbocycles. The lowest BCUT2D eigenvalue weighted by Crippen LogP contribution is -2.16. The van der Waals surface area contributed by atoms with Crippen LogP contribution in [0.15, 0.2) is 35.4 Å². The van der Waals surface area contributed by atoms with Crippen molar-refractivity contribution in [2.45, 2.75) is 6.92 Å². The van der Waals surface area contributed by atoms with E-state index in [1.807, 2.05) is 6.92 Å². The van der Waals surface area contributed by atoms with Gasteiger partial charge in [0.15, 0.2) is 11.5 Å². The summed E-state index contributed by atoms with van der Waals surface area (Å²) in [5.41, 5.74) is 7.29. The molecule has 0 unspecified atom stereocenters. The predicted molar refractivity (Wildman–Crippen MR) is 104 cm³/mol. The van der Waals surface area contributed by atoms with E-state index in [1.54, 1.807) is 30.3 Å². The first-order chi connectivity index (χ1) is 13.0. The number of benzene rings is 2. The van der Waals surface area contributed by atoms with Gasteiger partial charge in [-0.25, -0.2) is 0 Å². The molecule has 27 heavy (non-hydrogen) atoms. The third-order valence-electron chi connectivity index (χ3n) is 3.97. The fraction of sp³-hybridized carbons (Fsp3) is 0.250. The Balaban J connectivity index is 1.91. The lowest BCUT2D eigenvalue weighted by molar-refractivity contribution is 0.104. The normalized spacial score (nSPS) is 13.2. The Morgan fingerprint density at radius 2 is 2.04 bits per heavy atom. The maximum atomic E-state index is 12.7. The van der Waals surface area contributed by atoms with Gasteiger partial charge in [-0.3, -0.25) is 4.79 Å². The van der Waals surface area contributed by atoms with Crippen LogP contribution in [-0.2, 0) is 0 Å². The summed E-state index contributed by atoms with van der Waals surface area (Å²) in [6, 6.07) is 8.34. The molecule has 2 aromatic carbocycles. The van der Waals surface area contributed by atoms with Crippen LogP contribution in [0.5, 0.6) is 23.0 Å². The van der Waals surface area contributed by atoms with Gasteiger partial charge in [0.2, 0.25) is 11.5 Å². The zero-order valence-corrected chi connectivity index (χ0v) is 15.8. The SMILES string of the molecule is CCOc1ccc(C(=O)/C(Cl)=C\c2ccc3c(c2OC)OCCO3)cc1N. The van der Waals surface area contributed by atoms with Crippen LogP contribution in [0.1, 0.15) is 22.8 Å². The van der Waals surface area contributed by atoms with E-state index in [0.29, 0.717) is 59.6 Å². The van der Waals surface area contributed by atoms with Crippen molar-refractivity contribution in [1.29, 1.82) is 0 Å². The number of nitrogens with two attached hydrogens (primary N) is 1. The quantitative estimate of drug-likeness (QED) is 0.458. The highest BCUT2D eigenvalue weighted by Gasteiger charge is 2.20. The van der Waals surface area contributed by atoms with Gasteiger partial charge in [0, 0.05) is 11.1 Å². The van der Waals surface area contributed by atoms with Crippen molar-refractivity contribution in [2.24, 2.45) is 0 Å². The summed E-state index contributed by atoms with van der Waals surface area (Å²) < 4.78 is 22.0. The van der Waals surface area contributed by atoms with Gasteiger partial charge in [-0.1, -0.05) is 11.6 Å². The Morgan fingerprint density at radius 1 is 1.26 bits per heavy atom. The number of fused-ring (bicyclic) bond motifs is 1. The highest BCUT2D eigenvalue weighted by molar-refractivity contribution is 6.47. The number of rotatable bonds is 6. The molecule has 0 atom stereocenters. The monoisotopic (exact) mass is 389 g/mol. The average Bonchev–Trinajstić information content (AvgIpc) is 2.68. The van der Waals surface area contributed by atoms with Gasteiger partial charge in [-0.05, 0) is 43.3 Å². The van der Waals surface area contributed by atoms with E-state index in [0.717, 1.165) is 0 Å². The lowest BCUT2D eigenvalue weighted by atomic mass is 10.1. The van der Waals surface area contributed by atoms with Gasteiger partial charge in [0.25, 0.3) is 0 Å². The van der Waals surface area contributed by atoms with E-state index in [4.69, 9.17) is 36.3 Å². The fourth-order valence-corrected chi connectivity index (χ4v) is 2.97. The van der Waals surface area contributed by atoms with E-state index in [1.165, 1.54) is 13.2 Å². The van der Waals surface area contributed by atoms with E-state index in [2.05, 4.69) is 0 Å². The zero-order chi connectivity index (χ0) is 19.4. The summed E-state index contributed by atoms with van der Waals surface area (Å²) in [6.45, 7) is 3.25. The smallest absolute Gasteiger partial charge is 0.204 e. The summed E-state index contributed by atoms with van der Waals surface area (Å²) in [5.74, 6) is 1.73. The third-order valence-corrected chi connectivity index (χ3v) is 4.25. The maximum absolute atomic E-state index is 12.7. The van der Waals surface area contributed by atoms with Gasteiger partial charge in [0.05, 0.1) is 24.4 Å². The summed E-state index contributed by atoms with van der Waals surface area (Å²) in [6.07, 6.45) is 1.54. The van der Waals surface area contributed by atoms with E-state index >= 15 is 0 Å². The molecule has 2 N–H and O–H groups in total. The molecule has 1 aliphatic rings. The number of ketones is 1. The first-order valence-corrected chi connectivity index (χ1v) is 8.83. The third kappa shape index (κ3) is 3.95. The van der Waals surface area contributed by atoms with Gasteiger partial charge in [-0.15, -0.1) is 0 Å². The van der Waals surface area contributed by atoms with Crippen molar-refractivity contribution in [1.82, 2.24) is 0 Å². The fourth-order valence-electron chi connectivity index (χ4n) is 2.75. The number of carbonyl (C=O) groups is 1. The van der Waals surface area contributed by atoms with Crippen LogP contribution in [0.2, 0.25) is 0 Å². The molecular weight excluding hydrogens is 370 g/mol. The van der Waals surface area contributed by atoms with Gasteiger partial charge in [-0.2, -0.15) is 0 Å². The topological polar surface area (TPSA) is 80.0 Å². The standard InChI is InChI=1S/C20H20ClNO5/c1-3-25-16-6-4-12(11-15(16)22)18(23)14(21)10-13-5-7-17-20(19(13)24-2)27-9-8-26-17/h4-7,10-11H,3,8-9,22H2,1-2H3/b14-10+. The number of hydrogen-bond acceptors (Lipinski definition) is 6. The second-order valence-electron chi connectivity index (χ2n) is 5.72. The largest absolute Gasteiger partial charge is 0.492 e. The first-order valence-electron chi connectivity index (χ1n) is 8.46. The molecule has 7 heteroatoms. The van der Waals surface area contributed by atoms with Crippen molar-refractivity contribution < 1.29 is 23.7 Å². The molecule has 1 heterocycles. The average molecular weight is 390 g/mol. The molecular formula is C20H20ClNO5. The van der Waals surface area contributed by atoms with Crippen LogP contribution >= 0.6 is 11.6 Å². The number of anilines is 1. The maximum Gasteiger partial charge on any atom is 0.204 e. The number of carbonyl (C=O) groups excluding carboxylic acids is 1. The molecule has 3 rings (SSSR count). The number of methoxy groups -OCH3 is 1. The molecule has 0 amide bonds. The second-order valence-corrected chi connectivity index (χ2v) is 6.13. The molecule has 0 radical (unpaired) electrons. The predicted octanol–water partition coefficient (Wildman–Crippen LogP) is 3.91. The number of Topliss-reactive ketones (excluding diaryl/α,β-unsaturated/α-hetero) is 1. The van der Waals surface area contributed by atoms with E-state index in [-0.39, 0.29) is 10.8 Å². The van der Waals surface area contributed by atoms with Gasteiger partial charge >= 0.3 is 0 Å². The molecule has 6 nitrogen and oxygen atoms in total. The van der Waals surface area contributed by atoms with Gasteiger partial charge < -0.3 is 24.7 Å². The summed E-state index contributed by atoms with van der Waals surface area (Å²) >= 11 is 6.28. The molecule has 0 aromatic heterocycles. The molecule has 142 valence electrons. The number of halogens is 1. The van der Waals surface area contributed by atoms with Crippen LogP contribution in [0.25, 0.3) is 6.08 Å². The van der Waals surface area contributed by atoms with Crippen molar-refractivity contribution in [3.8, 4) is 23.0 Å². The minimum absolute atomic E-state index is 0.0218. The number of hydrogen-bond donors (Lipinski definition) is 1. The molecule has 0 bridgehead atoms. The molecule has 2 aromatic rings. The summed E-state index contributed by atoms with van der Waals surface area (Å²) in [5, 5.41) is 0.0218. The Bertz CT molecular complexity index is 894. The van der Waals surface area contributed by atoms with Gasteiger partial charge in [0.1, 0.15) is 19.0 Å². The minimum Gasteiger partial charge on any atom is -0.492 e. The minimum atomic E-state index is -0.358. The Kier molecular flexibility index (Phi) is 5.76. The second kappa shape index (κ2) is 8.22. The number of allylic oxidation sites excluding steroid dienone is 1. The van der Waals surface area contributed by atoms with Crippen LogP contribution in [0, 0.1) is 0 Å². The van der Waals surface area contributed by atoms with E-state index < -0.39 is 0 Å². The Morgan fingerprint density at radius 3 is 2.74 bits per heavy atom. The van der Waals surface area contributed by atoms with Crippen LogP contribution in [-0.4, -0.2) is 32.7 Å². The summed E-state index contributed by atoms with van der Waals surface area (Å²) in [4.78, 5) is 12.7. The number of ether oxygens (including phenoxy) is 4. The van der Waals surface area contributed by atoms with Crippen molar-refractivity contribution in [3.05, 3.63) is 46.5 Å². The Hall–Kier alpha value is -2.86. The molecule has 0 spiro atoms. The Labute approximate surface area is 162 Å². The summed E-state index contributed by atoms with van der Waals surface area (Å²) in [7, 11) is 1.52. The molecule has 1 aliphatic heterocycles. The highest BCUT2D eigenvalue weighted by Crippen LogP contribution is 2.42. The van der Waals surface area contributed by atoms with E-state index in [9.17, 15) is 4.79 Å². The first kappa shape index (κ1) is 18.9. The molecule has 0 aliphatic carbocycles. The van der Waals surface area contributed by atoms with Crippen molar-refractivity contribution >= 4 is 29.1 Å². The van der Waals surface area contributed by atoms with Crippen molar-refractivity contribution in [3.63, 3.8) is 0 Å². The van der Waals surface area contributed by atoms with Crippen molar-refractivity contribution in [2.75, 3.05) is 32.7 Å². The number of nitrogen functional groups attached to an aromatic ring is 1. The van der Waals surface area contributed by atoms with Crippen LogP contribution < -0.4 is 24.7 Å². The highest BCUT2D eigenvalue weighted by atomic mass is 35.5. The zero-order valence-electron chi connectivity index (χ0n) is 15.1. The van der Waals surface area contributed by atoms with Crippen LogP contribution in [0.4, 0.5) is 5.69 Å².